The number of hydrogen-bond donors (Lipinski definition) is 3. The number of rotatable bonds is 4. The number of halogens is 3. The van der Waals surface area contributed by atoms with Crippen LogP contribution in [-0.2, 0) is 12.7 Å². The third kappa shape index (κ3) is 3.98. The Morgan fingerprint density at radius 2 is 2.16 bits per heavy atom. The molecular weight excluding hydrogens is 335 g/mol. The second kappa shape index (κ2) is 7.22. The van der Waals surface area contributed by atoms with E-state index in [0.29, 0.717) is 11.3 Å². The van der Waals surface area contributed by atoms with E-state index in [1.54, 1.807) is 0 Å². The smallest absolute Gasteiger partial charge is 0.348 e. The first kappa shape index (κ1) is 17.4. The molecule has 9 heteroatoms. The minimum absolute atomic E-state index is 0.00104. The number of carbonyl (C=O) groups is 1. The summed E-state index contributed by atoms with van der Waals surface area (Å²) in [7, 11) is 0. The van der Waals surface area contributed by atoms with Crippen molar-refractivity contribution in [1.82, 2.24) is 25.8 Å². The number of piperidine rings is 1. The van der Waals surface area contributed by atoms with E-state index in [2.05, 4.69) is 25.8 Å². The van der Waals surface area contributed by atoms with E-state index in [4.69, 9.17) is 0 Å². The number of aromatic amines is 1. The number of pyridine rings is 1. The zero-order chi connectivity index (χ0) is 17.9. The van der Waals surface area contributed by atoms with Crippen molar-refractivity contribution >= 4 is 5.91 Å². The van der Waals surface area contributed by atoms with Gasteiger partial charge in [-0.3, -0.25) is 14.9 Å². The van der Waals surface area contributed by atoms with Gasteiger partial charge in [0.1, 0.15) is 0 Å². The molecule has 1 atom stereocenters. The standard InChI is InChI=1S/C16H18F3N5O/c17-16(18,19)12-4-6-20-7-10(12)8-22-15(25)11-9-23-24-14(11)13-3-1-2-5-21-13/h4,6-7,9,13,21H,1-3,5,8H2,(H,22,25)(H,23,24). The molecule has 25 heavy (non-hydrogen) atoms. The maximum atomic E-state index is 13.0. The molecule has 6 nitrogen and oxygen atoms in total. The highest BCUT2D eigenvalue weighted by atomic mass is 19.4. The van der Waals surface area contributed by atoms with E-state index >= 15 is 0 Å². The van der Waals surface area contributed by atoms with Gasteiger partial charge in [-0.2, -0.15) is 18.3 Å². The van der Waals surface area contributed by atoms with Gasteiger partial charge in [-0.05, 0) is 25.5 Å². The van der Waals surface area contributed by atoms with Crippen LogP contribution in [0.5, 0.6) is 0 Å². The van der Waals surface area contributed by atoms with E-state index < -0.39 is 17.6 Å². The maximum Gasteiger partial charge on any atom is 0.416 e. The quantitative estimate of drug-likeness (QED) is 0.789. The molecule has 0 bridgehead atoms. The molecule has 0 aliphatic carbocycles. The SMILES string of the molecule is O=C(NCc1cnccc1C(F)(F)F)c1cn[nH]c1C1CCCCN1. The molecule has 1 aliphatic heterocycles. The fourth-order valence-electron chi connectivity index (χ4n) is 2.96. The summed E-state index contributed by atoms with van der Waals surface area (Å²) in [4.78, 5) is 16.1. The second-order valence-electron chi connectivity index (χ2n) is 5.91. The number of aromatic nitrogens is 3. The van der Waals surface area contributed by atoms with Crippen LogP contribution in [0, 0.1) is 0 Å². The highest BCUT2D eigenvalue weighted by Gasteiger charge is 2.33. The predicted octanol–water partition coefficient (Wildman–Crippen LogP) is 2.57. The molecule has 1 unspecified atom stereocenters. The van der Waals surface area contributed by atoms with Crippen molar-refractivity contribution in [2.24, 2.45) is 0 Å². The maximum absolute atomic E-state index is 13.0. The average molecular weight is 353 g/mol. The van der Waals surface area contributed by atoms with Crippen LogP contribution in [0.25, 0.3) is 0 Å². The first-order chi connectivity index (χ1) is 12.0. The number of nitrogens with zero attached hydrogens (tertiary/aromatic N) is 2. The van der Waals surface area contributed by atoms with Gasteiger partial charge in [-0.15, -0.1) is 0 Å². The van der Waals surface area contributed by atoms with E-state index in [-0.39, 0.29) is 18.2 Å². The van der Waals surface area contributed by atoms with Crippen molar-refractivity contribution in [2.75, 3.05) is 6.54 Å². The molecule has 2 aromatic rings. The molecule has 3 N–H and O–H groups in total. The van der Waals surface area contributed by atoms with Crippen molar-refractivity contribution in [3.05, 3.63) is 47.0 Å². The first-order valence-corrected chi connectivity index (χ1v) is 8.01. The summed E-state index contributed by atoms with van der Waals surface area (Å²) in [5, 5.41) is 12.6. The summed E-state index contributed by atoms with van der Waals surface area (Å²) >= 11 is 0. The van der Waals surface area contributed by atoms with Crippen molar-refractivity contribution < 1.29 is 18.0 Å². The Hall–Kier alpha value is -2.42. The molecule has 1 amide bonds. The van der Waals surface area contributed by atoms with Crippen molar-refractivity contribution in [3.63, 3.8) is 0 Å². The number of carbonyl (C=O) groups excluding carboxylic acids is 1. The minimum atomic E-state index is -4.49. The fraction of sp³-hybridized carbons (Fsp3) is 0.438. The molecule has 2 aromatic heterocycles. The number of hydrogen-bond acceptors (Lipinski definition) is 4. The van der Waals surface area contributed by atoms with Gasteiger partial charge in [0.05, 0.1) is 23.0 Å². The Balaban J connectivity index is 1.71. The van der Waals surface area contributed by atoms with Gasteiger partial charge in [0.2, 0.25) is 0 Å². The van der Waals surface area contributed by atoms with E-state index in [0.717, 1.165) is 44.3 Å². The Bertz CT molecular complexity index is 737. The third-order valence-electron chi connectivity index (χ3n) is 4.22. The number of H-pyrrole nitrogens is 1. The summed E-state index contributed by atoms with van der Waals surface area (Å²) in [5.74, 6) is -0.465. The molecule has 134 valence electrons. The van der Waals surface area contributed by atoms with E-state index in [1.807, 2.05) is 0 Å². The van der Waals surface area contributed by atoms with Gasteiger partial charge in [-0.1, -0.05) is 6.42 Å². The minimum Gasteiger partial charge on any atom is -0.348 e. The Morgan fingerprint density at radius 1 is 1.32 bits per heavy atom. The largest absolute Gasteiger partial charge is 0.416 e. The van der Waals surface area contributed by atoms with Gasteiger partial charge < -0.3 is 10.6 Å². The van der Waals surface area contributed by atoms with Crippen LogP contribution in [0.15, 0.2) is 24.7 Å². The van der Waals surface area contributed by atoms with E-state index in [1.165, 1.54) is 6.20 Å². The predicted molar refractivity (Wildman–Crippen MR) is 83.6 cm³/mol. The Labute approximate surface area is 142 Å². The fourth-order valence-corrected chi connectivity index (χ4v) is 2.96. The summed E-state index contributed by atoms with van der Waals surface area (Å²) < 4.78 is 39.0. The zero-order valence-corrected chi connectivity index (χ0v) is 13.4. The molecular formula is C16H18F3N5O. The van der Waals surface area contributed by atoms with E-state index in [9.17, 15) is 18.0 Å². The van der Waals surface area contributed by atoms with Crippen LogP contribution in [0.2, 0.25) is 0 Å². The highest BCUT2D eigenvalue weighted by Crippen LogP contribution is 2.31. The summed E-state index contributed by atoms with van der Waals surface area (Å²) in [6, 6.07) is 0.901. The van der Waals surface area contributed by atoms with Gasteiger partial charge in [-0.25, -0.2) is 0 Å². The molecule has 1 saturated heterocycles. The number of alkyl halides is 3. The molecule has 0 spiro atoms. The molecule has 0 radical (unpaired) electrons. The number of amides is 1. The first-order valence-electron chi connectivity index (χ1n) is 8.01. The number of nitrogens with one attached hydrogen (secondary N) is 3. The van der Waals surface area contributed by atoms with Crippen molar-refractivity contribution in [2.45, 2.75) is 38.0 Å². The lowest BCUT2D eigenvalue weighted by Gasteiger charge is -2.23. The monoisotopic (exact) mass is 353 g/mol. The topological polar surface area (TPSA) is 82.7 Å². The van der Waals surface area contributed by atoms with Gasteiger partial charge in [0, 0.05) is 30.5 Å². The van der Waals surface area contributed by atoms with Gasteiger partial charge in [0.15, 0.2) is 0 Å². The highest BCUT2D eigenvalue weighted by molar-refractivity contribution is 5.95. The molecule has 0 saturated carbocycles. The Kier molecular flexibility index (Phi) is 5.03. The van der Waals surface area contributed by atoms with Crippen LogP contribution in [0.4, 0.5) is 13.2 Å². The molecule has 3 rings (SSSR count). The molecule has 0 aromatic carbocycles. The van der Waals surface area contributed by atoms with Crippen LogP contribution in [0.1, 0.15) is 52.5 Å². The Morgan fingerprint density at radius 3 is 2.88 bits per heavy atom. The summed E-state index contributed by atoms with van der Waals surface area (Å²) in [6.45, 7) is 0.597. The van der Waals surface area contributed by atoms with Crippen LogP contribution in [0.3, 0.4) is 0 Å². The molecule has 1 fully saturated rings. The average Bonchev–Trinajstić information content (AvgIpc) is 3.10. The zero-order valence-electron chi connectivity index (χ0n) is 13.4. The van der Waals surface area contributed by atoms with Crippen LogP contribution in [-0.4, -0.2) is 27.6 Å². The van der Waals surface area contributed by atoms with Crippen molar-refractivity contribution in [1.29, 1.82) is 0 Å². The van der Waals surface area contributed by atoms with Crippen molar-refractivity contribution in [3.8, 4) is 0 Å². The van der Waals surface area contributed by atoms with Crippen LogP contribution < -0.4 is 10.6 Å². The lowest BCUT2D eigenvalue weighted by molar-refractivity contribution is -0.138. The third-order valence-corrected chi connectivity index (χ3v) is 4.22. The van der Waals surface area contributed by atoms with Crippen LogP contribution >= 0.6 is 0 Å². The second-order valence-corrected chi connectivity index (χ2v) is 5.91. The summed E-state index contributed by atoms with van der Waals surface area (Å²) in [6.07, 6.45) is 2.10. The molecule has 3 heterocycles. The lowest BCUT2D eigenvalue weighted by atomic mass is 9.99. The molecule has 1 aliphatic rings. The summed E-state index contributed by atoms with van der Waals surface area (Å²) in [5.41, 5.74) is 0.129. The normalized spacial score (nSPS) is 18.1. The van der Waals surface area contributed by atoms with Gasteiger partial charge in [0.25, 0.3) is 5.91 Å². The lowest BCUT2D eigenvalue weighted by Crippen LogP contribution is -2.30. The van der Waals surface area contributed by atoms with Gasteiger partial charge >= 0.3 is 6.18 Å².